The molecule has 6 nitrogen and oxygen atoms in total. The zero-order valence-corrected chi connectivity index (χ0v) is 17.2. The minimum Gasteiger partial charge on any atom is -0.494 e. The lowest BCUT2D eigenvalue weighted by Crippen LogP contribution is -2.14. The second kappa shape index (κ2) is 10.7. The van der Waals surface area contributed by atoms with Gasteiger partial charge in [-0.15, -0.1) is 0 Å². The van der Waals surface area contributed by atoms with Crippen molar-refractivity contribution in [2.24, 2.45) is 0 Å². The molecule has 0 aliphatic carbocycles. The highest BCUT2D eigenvalue weighted by molar-refractivity contribution is 7.92. The fourth-order valence-corrected chi connectivity index (χ4v) is 3.71. The first-order valence-electron chi connectivity index (χ1n) is 9.60. The number of sulfonamides is 1. The number of carbonyl (C=O) groups excluding carboxylic acids is 1. The van der Waals surface area contributed by atoms with Gasteiger partial charge in [0, 0.05) is 17.8 Å². The first-order valence-corrected chi connectivity index (χ1v) is 11.1. The molecule has 152 valence electrons. The SMILES string of the molecule is CCCCCCC(=O)Nc1ccc(S(=O)(=O)Nc2ccc(OCC)cc2)cc1. The Morgan fingerprint density at radius 1 is 0.893 bits per heavy atom. The second-order valence-electron chi connectivity index (χ2n) is 6.45. The van der Waals surface area contributed by atoms with Gasteiger partial charge in [-0.1, -0.05) is 26.2 Å². The molecule has 2 N–H and O–H groups in total. The fourth-order valence-electron chi connectivity index (χ4n) is 2.65. The highest BCUT2D eigenvalue weighted by Crippen LogP contribution is 2.21. The summed E-state index contributed by atoms with van der Waals surface area (Å²) in [5, 5.41) is 2.80. The predicted molar refractivity (Wildman–Crippen MR) is 112 cm³/mol. The van der Waals surface area contributed by atoms with E-state index < -0.39 is 10.0 Å². The van der Waals surface area contributed by atoms with Crippen molar-refractivity contribution in [1.82, 2.24) is 0 Å². The molecule has 2 aromatic rings. The number of hydrogen-bond acceptors (Lipinski definition) is 4. The van der Waals surface area contributed by atoms with E-state index in [2.05, 4.69) is 17.0 Å². The van der Waals surface area contributed by atoms with Gasteiger partial charge >= 0.3 is 0 Å². The van der Waals surface area contributed by atoms with Gasteiger partial charge in [-0.25, -0.2) is 8.42 Å². The standard InChI is InChI=1S/C21H28N2O4S/c1-3-5-6-7-8-21(24)22-17-11-15-20(16-12-17)28(25,26)23-18-9-13-19(14-10-18)27-4-2/h9-16,23H,3-8H2,1-2H3,(H,22,24). The quantitative estimate of drug-likeness (QED) is 0.527. The summed E-state index contributed by atoms with van der Waals surface area (Å²) in [6.07, 6.45) is 4.62. The van der Waals surface area contributed by atoms with Crippen LogP contribution in [0.5, 0.6) is 5.75 Å². The normalized spacial score (nSPS) is 11.1. The summed E-state index contributed by atoms with van der Waals surface area (Å²) in [6.45, 7) is 4.56. The highest BCUT2D eigenvalue weighted by atomic mass is 32.2. The maximum atomic E-state index is 12.5. The van der Waals surface area contributed by atoms with Crippen molar-refractivity contribution in [3.63, 3.8) is 0 Å². The van der Waals surface area contributed by atoms with E-state index in [-0.39, 0.29) is 10.8 Å². The molecule has 0 saturated carbocycles. The molecule has 2 rings (SSSR count). The summed E-state index contributed by atoms with van der Waals surface area (Å²) in [6, 6.07) is 12.9. The average molecular weight is 405 g/mol. The van der Waals surface area contributed by atoms with Crippen LogP contribution in [-0.2, 0) is 14.8 Å². The van der Waals surface area contributed by atoms with Crippen molar-refractivity contribution in [3.05, 3.63) is 48.5 Å². The monoisotopic (exact) mass is 404 g/mol. The van der Waals surface area contributed by atoms with Gasteiger partial charge in [0.25, 0.3) is 10.0 Å². The van der Waals surface area contributed by atoms with Crippen LogP contribution in [0.2, 0.25) is 0 Å². The smallest absolute Gasteiger partial charge is 0.261 e. The van der Waals surface area contributed by atoms with Crippen molar-refractivity contribution >= 4 is 27.3 Å². The molecule has 0 fully saturated rings. The Balaban J connectivity index is 1.94. The van der Waals surface area contributed by atoms with Gasteiger partial charge in [0.05, 0.1) is 11.5 Å². The van der Waals surface area contributed by atoms with E-state index in [4.69, 9.17) is 4.74 Å². The molecule has 2 aromatic carbocycles. The van der Waals surface area contributed by atoms with Gasteiger partial charge in [-0.3, -0.25) is 9.52 Å². The lowest BCUT2D eigenvalue weighted by Gasteiger charge is -2.10. The molecular weight excluding hydrogens is 376 g/mol. The highest BCUT2D eigenvalue weighted by Gasteiger charge is 2.14. The largest absolute Gasteiger partial charge is 0.494 e. The number of nitrogens with one attached hydrogen (secondary N) is 2. The molecule has 0 bridgehead atoms. The Morgan fingerprint density at radius 2 is 1.54 bits per heavy atom. The molecule has 0 radical (unpaired) electrons. The first-order chi connectivity index (χ1) is 13.4. The van der Waals surface area contributed by atoms with Crippen molar-refractivity contribution in [2.75, 3.05) is 16.6 Å². The molecule has 1 amide bonds. The molecule has 7 heteroatoms. The number of unbranched alkanes of at least 4 members (excludes halogenated alkanes) is 3. The molecule has 0 unspecified atom stereocenters. The van der Waals surface area contributed by atoms with Gasteiger partial charge in [0.2, 0.25) is 5.91 Å². The van der Waals surface area contributed by atoms with Crippen LogP contribution in [0.15, 0.2) is 53.4 Å². The van der Waals surface area contributed by atoms with Crippen molar-refractivity contribution in [2.45, 2.75) is 50.8 Å². The number of ether oxygens (including phenoxy) is 1. The van der Waals surface area contributed by atoms with Crippen LogP contribution in [-0.4, -0.2) is 20.9 Å². The molecule has 0 atom stereocenters. The minimum atomic E-state index is -3.71. The Kier molecular flexibility index (Phi) is 8.32. The summed E-state index contributed by atoms with van der Waals surface area (Å²) in [7, 11) is -3.71. The number of hydrogen-bond donors (Lipinski definition) is 2. The maximum Gasteiger partial charge on any atom is 0.261 e. The van der Waals surface area contributed by atoms with Crippen LogP contribution >= 0.6 is 0 Å². The van der Waals surface area contributed by atoms with Gasteiger partial charge < -0.3 is 10.1 Å². The summed E-state index contributed by atoms with van der Waals surface area (Å²) >= 11 is 0. The van der Waals surface area contributed by atoms with E-state index >= 15 is 0 Å². The van der Waals surface area contributed by atoms with E-state index in [0.717, 1.165) is 25.7 Å². The molecule has 0 aliphatic heterocycles. The van der Waals surface area contributed by atoms with E-state index in [9.17, 15) is 13.2 Å². The fraction of sp³-hybridized carbons (Fsp3) is 0.381. The molecule has 0 aromatic heterocycles. The number of amides is 1. The third-order valence-corrected chi connectivity index (χ3v) is 5.52. The van der Waals surface area contributed by atoms with Crippen LogP contribution < -0.4 is 14.8 Å². The second-order valence-corrected chi connectivity index (χ2v) is 8.13. The van der Waals surface area contributed by atoms with Crippen LogP contribution in [0, 0.1) is 0 Å². The van der Waals surface area contributed by atoms with Gasteiger partial charge in [0.15, 0.2) is 0 Å². The zero-order valence-electron chi connectivity index (χ0n) is 16.4. The predicted octanol–water partition coefficient (Wildman–Crippen LogP) is 4.80. The molecule has 0 spiro atoms. The number of carbonyl (C=O) groups is 1. The van der Waals surface area contributed by atoms with E-state index in [0.29, 0.717) is 30.2 Å². The molecule has 0 saturated heterocycles. The number of benzene rings is 2. The topological polar surface area (TPSA) is 84.5 Å². The zero-order chi connectivity index (χ0) is 20.4. The Morgan fingerprint density at radius 3 is 2.14 bits per heavy atom. The Hall–Kier alpha value is -2.54. The minimum absolute atomic E-state index is 0.0563. The number of anilines is 2. The summed E-state index contributed by atoms with van der Waals surface area (Å²) < 4.78 is 32.9. The van der Waals surface area contributed by atoms with Crippen LogP contribution in [0.25, 0.3) is 0 Å². The summed E-state index contributed by atoms with van der Waals surface area (Å²) in [5.41, 5.74) is 1.04. The van der Waals surface area contributed by atoms with Crippen LogP contribution in [0.3, 0.4) is 0 Å². The van der Waals surface area contributed by atoms with Gasteiger partial charge in [-0.2, -0.15) is 0 Å². The summed E-state index contributed by atoms with van der Waals surface area (Å²) in [4.78, 5) is 12.0. The lowest BCUT2D eigenvalue weighted by atomic mass is 10.1. The van der Waals surface area contributed by atoms with Gasteiger partial charge in [-0.05, 0) is 61.9 Å². The summed E-state index contributed by atoms with van der Waals surface area (Å²) in [5.74, 6) is 0.624. The maximum absolute atomic E-state index is 12.5. The number of rotatable bonds is 11. The third kappa shape index (κ3) is 6.88. The Bertz CT molecular complexity index is 847. The van der Waals surface area contributed by atoms with E-state index in [1.165, 1.54) is 12.1 Å². The first kappa shape index (κ1) is 21.8. The molecule has 28 heavy (non-hydrogen) atoms. The molecule has 0 aliphatic rings. The molecule has 0 heterocycles. The Labute approximate surface area is 167 Å². The van der Waals surface area contributed by atoms with E-state index in [1.807, 2.05) is 6.92 Å². The van der Waals surface area contributed by atoms with Crippen molar-refractivity contribution < 1.29 is 17.9 Å². The average Bonchev–Trinajstić information content (AvgIpc) is 2.67. The van der Waals surface area contributed by atoms with Gasteiger partial charge in [0.1, 0.15) is 5.75 Å². The van der Waals surface area contributed by atoms with Crippen molar-refractivity contribution in [3.8, 4) is 5.75 Å². The van der Waals surface area contributed by atoms with Crippen LogP contribution in [0.4, 0.5) is 11.4 Å². The molecular formula is C21H28N2O4S. The lowest BCUT2D eigenvalue weighted by molar-refractivity contribution is -0.116. The van der Waals surface area contributed by atoms with Crippen LogP contribution in [0.1, 0.15) is 46.0 Å². The van der Waals surface area contributed by atoms with E-state index in [1.54, 1.807) is 36.4 Å². The van der Waals surface area contributed by atoms with Crippen molar-refractivity contribution in [1.29, 1.82) is 0 Å². The third-order valence-electron chi connectivity index (χ3n) is 4.12.